The summed E-state index contributed by atoms with van der Waals surface area (Å²) in [6.07, 6.45) is 6.41. The normalized spacial score (nSPS) is 11.7. The number of imidazole rings is 1. The zero-order chi connectivity index (χ0) is 20.3. The number of methoxy groups -OCH3 is 1. The molecule has 0 saturated heterocycles. The van der Waals surface area contributed by atoms with E-state index in [1.54, 1.807) is 7.11 Å². The summed E-state index contributed by atoms with van der Waals surface area (Å²) in [6, 6.07) is 4.48. The van der Waals surface area contributed by atoms with Crippen molar-refractivity contribution in [2.45, 2.75) is 72.3 Å². The minimum atomic E-state index is 0.336. The van der Waals surface area contributed by atoms with Crippen LogP contribution in [0.3, 0.4) is 0 Å². The molecule has 3 aromatic heterocycles. The van der Waals surface area contributed by atoms with Gasteiger partial charge in [-0.2, -0.15) is 0 Å². The Morgan fingerprint density at radius 2 is 1.75 bits per heavy atom. The first kappa shape index (κ1) is 20.2. The second-order valence-corrected chi connectivity index (χ2v) is 7.64. The smallest absolute Gasteiger partial charge is 0.222 e. The van der Waals surface area contributed by atoms with Crippen molar-refractivity contribution in [1.29, 1.82) is 0 Å². The first-order valence-corrected chi connectivity index (χ1v) is 10.3. The van der Waals surface area contributed by atoms with Gasteiger partial charge in [-0.05, 0) is 37.8 Å². The average Bonchev–Trinajstić information content (AvgIpc) is 3.09. The number of hydrogen-bond donors (Lipinski definition) is 0. The van der Waals surface area contributed by atoms with Gasteiger partial charge < -0.3 is 9.30 Å². The van der Waals surface area contributed by atoms with Gasteiger partial charge >= 0.3 is 0 Å². The maximum absolute atomic E-state index is 5.56. The molecule has 0 radical (unpaired) electrons. The molecule has 0 aromatic carbocycles. The van der Waals surface area contributed by atoms with Gasteiger partial charge in [0.15, 0.2) is 11.3 Å². The number of ether oxygens (including phenoxy) is 1. The largest absolute Gasteiger partial charge is 0.480 e. The molecule has 0 fully saturated rings. The minimum Gasteiger partial charge on any atom is -0.480 e. The van der Waals surface area contributed by atoms with Crippen molar-refractivity contribution in [1.82, 2.24) is 24.5 Å². The highest BCUT2D eigenvalue weighted by Gasteiger charge is 2.19. The summed E-state index contributed by atoms with van der Waals surface area (Å²) in [7, 11) is 1.64. The highest BCUT2D eigenvalue weighted by atomic mass is 16.5. The van der Waals surface area contributed by atoms with Gasteiger partial charge in [0.1, 0.15) is 0 Å². The molecular formula is C22H31N5O. The van der Waals surface area contributed by atoms with Crippen LogP contribution in [-0.4, -0.2) is 31.6 Å². The Hall–Kier alpha value is -2.50. The molecule has 0 spiro atoms. The Kier molecular flexibility index (Phi) is 6.27. The maximum Gasteiger partial charge on any atom is 0.222 e. The molecule has 0 atom stereocenters. The molecule has 6 heteroatoms. The summed E-state index contributed by atoms with van der Waals surface area (Å²) in [6.45, 7) is 10.7. The fourth-order valence-corrected chi connectivity index (χ4v) is 3.65. The summed E-state index contributed by atoms with van der Waals surface area (Å²) in [5, 5.41) is 0. The van der Waals surface area contributed by atoms with Crippen molar-refractivity contribution < 1.29 is 4.74 Å². The van der Waals surface area contributed by atoms with Crippen molar-refractivity contribution in [3.8, 4) is 17.1 Å². The van der Waals surface area contributed by atoms with Gasteiger partial charge in [0, 0.05) is 11.7 Å². The van der Waals surface area contributed by atoms with Crippen LogP contribution in [0, 0.1) is 6.92 Å². The van der Waals surface area contributed by atoms with Crippen molar-refractivity contribution in [3.05, 3.63) is 29.8 Å². The molecule has 0 N–H and O–H groups in total. The second kappa shape index (κ2) is 8.67. The molecule has 150 valence electrons. The Morgan fingerprint density at radius 1 is 1.04 bits per heavy atom. The van der Waals surface area contributed by atoms with Crippen LogP contribution in [0.5, 0.6) is 5.88 Å². The third-order valence-corrected chi connectivity index (χ3v) is 5.14. The molecule has 0 aliphatic heterocycles. The van der Waals surface area contributed by atoms with E-state index >= 15 is 0 Å². The SMILES string of the molecule is CCCC(CCC)n1cnc2nc(-c3ccc(C(C)C)nc3OC)c(C)nc21. The van der Waals surface area contributed by atoms with E-state index in [4.69, 9.17) is 14.7 Å². The number of aromatic nitrogens is 5. The number of fused-ring (bicyclic) bond motifs is 1. The van der Waals surface area contributed by atoms with Gasteiger partial charge in [-0.25, -0.2) is 19.9 Å². The van der Waals surface area contributed by atoms with E-state index in [2.05, 4.69) is 42.2 Å². The fraction of sp³-hybridized carbons (Fsp3) is 0.545. The van der Waals surface area contributed by atoms with Crippen LogP contribution in [0.15, 0.2) is 18.5 Å². The van der Waals surface area contributed by atoms with Gasteiger partial charge in [-0.1, -0.05) is 40.5 Å². The van der Waals surface area contributed by atoms with Crippen LogP contribution in [0.2, 0.25) is 0 Å². The van der Waals surface area contributed by atoms with Crippen molar-refractivity contribution in [2.24, 2.45) is 0 Å². The zero-order valence-electron chi connectivity index (χ0n) is 17.9. The number of rotatable bonds is 8. The highest BCUT2D eigenvalue weighted by Crippen LogP contribution is 2.32. The van der Waals surface area contributed by atoms with Crippen LogP contribution in [-0.2, 0) is 0 Å². The van der Waals surface area contributed by atoms with Crippen molar-refractivity contribution in [2.75, 3.05) is 7.11 Å². The summed E-state index contributed by atoms with van der Waals surface area (Å²) in [5.41, 5.74) is 5.02. The van der Waals surface area contributed by atoms with Crippen LogP contribution in [0.25, 0.3) is 22.6 Å². The van der Waals surface area contributed by atoms with E-state index in [9.17, 15) is 0 Å². The molecule has 3 rings (SSSR count). The summed E-state index contributed by atoms with van der Waals surface area (Å²) in [4.78, 5) is 18.9. The van der Waals surface area contributed by atoms with Gasteiger partial charge in [0.2, 0.25) is 5.88 Å². The first-order chi connectivity index (χ1) is 13.5. The predicted molar refractivity (Wildman–Crippen MR) is 113 cm³/mol. The van der Waals surface area contributed by atoms with E-state index in [0.717, 1.165) is 54.0 Å². The van der Waals surface area contributed by atoms with Crippen LogP contribution >= 0.6 is 0 Å². The van der Waals surface area contributed by atoms with Crippen LogP contribution < -0.4 is 4.74 Å². The quantitative estimate of drug-likeness (QED) is 0.517. The third-order valence-electron chi connectivity index (χ3n) is 5.14. The standard InChI is InChI=1S/C22H31N5O/c1-7-9-16(10-8-2)27-13-23-20-21(27)24-15(5)19(26-20)17-11-12-18(14(3)4)25-22(17)28-6/h11-14,16H,7-10H2,1-6H3. The fourth-order valence-electron chi connectivity index (χ4n) is 3.65. The van der Waals surface area contributed by atoms with E-state index in [0.29, 0.717) is 23.5 Å². The highest BCUT2D eigenvalue weighted by molar-refractivity contribution is 5.75. The topological polar surface area (TPSA) is 65.7 Å². The molecule has 0 amide bonds. The molecule has 0 unspecified atom stereocenters. The zero-order valence-corrected chi connectivity index (χ0v) is 17.9. The molecule has 3 heterocycles. The molecule has 0 saturated carbocycles. The lowest BCUT2D eigenvalue weighted by Crippen LogP contribution is -2.09. The Balaban J connectivity index is 2.09. The van der Waals surface area contributed by atoms with Crippen LogP contribution in [0.4, 0.5) is 0 Å². The molecule has 6 nitrogen and oxygen atoms in total. The van der Waals surface area contributed by atoms with Crippen LogP contribution in [0.1, 0.15) is 76.7 Å². The second-order valence-electron chi connectivity index (χ2n) is 7.64. The number of hydrogen-bond acceptors (Lipinski definition) is 5. The van der Waals surface area contributed by atoms with Gasteiger partial charge in [0.05, 0.1) is 30.4 Å². The minimum absolute atomic E-state index is 0.336. The summed E-state index contributed by atoms with van der Waals surface area (Å²) in [5.74, 6) is 0.916. The molecule has 0 aliphatic rings. The van der Waals surface area contributed by atoms with Crippen molar-refractivity contribution >= 4 is 11.3 Å². The monoisotopic (exact) mass is 381 g/mol. The van der Waals surface area contributed by atoms with E-state index < -0.39 is 0 Å². The van der Waals surface area contributed by atoms with Crippen molar-refractivity contribution in [3.63, 3.8) is 0 Å². The van der Waals surface area contributed by atoms with E-state index in [1.807, 2.05) is 25.4 Å². The molecule has 0 bridgehead atoms. The number of aryl methyl sites for hydroxylation is 1. The molecule has 28 heavy (non-hydrogen) atoms. The third kappa shape index (κ3) is 3.86. The van der Waals surface area contributed by atoms with E-state index in [1.165, 1.54) is 0 Å². The predicted octanol–water partition coefficient (Wildman–Crippen LogP) is 5.47. The lowest BCUT2D eigenvalue weighted by atomic mass is 10.1. The van der Waals surface area contributed by atoms with E-state index in [-0.39, 0.29) is 0 Å². The average molecular weight is 382 g/mol. The number of pyridine rings is 1. The molecular weight excluding hydrogens is 350 g/mol. The van der Waals surface area contributed by atoms with Gasteiger partial charge in [-0.15, -0.1) is 0 Å². The number of nitrogens with zero attached hydrogens (tertiary/aromatic N) is 5. The lowest BCUT2D eigenvalue weighted by Gasteiger charge is -2.18. The molecule has 3 aromatic rings. The summed E-state index contributed by atoms with van der Waals surface area (Å²) >= 11 is 0. The summed E-state index contributed by atoms with van der Waals surface area (Å²) < 4.78 is 7.76. The Morgan fingerprint density at radius 3 is 2.36 bits per heavy atom. The maximum atomic E-state index is 5.56. The molecule has 0 aliphatic carbocycles. The first-order valence-electron chi connectivity index (χ1n) is 10.3. The van der Waals surface area contributed by atoms with Gasteiger partial charge in [0.25, 0.3) is 0 Å². The lowest BCUT2D eigenvalue weighted by molar-refractivity contribution is 0.397. The Bertz CT molecular complexity index is 941. The Labute approximate surface area is 167 Å². The van der Waals surface area contributed by atoms with Gasteiger partial charge in [-0.3, -0.25) is 0 Å².